The van der Waals surface area contributed by atoms with Gasteiger partial charge in [-0.2, -0.15) is 0 Å². The van der Waals surface area contributed by atoms with Crippen LogP contribution in [0.2, 0.25) is 0 Å². The quantitative estimate of drug-likeness (QED) is 0.768. The van der Waals surface area contributed by atoms with Gasteiger partial charge in [-0.05, 0) is 40.9 Å². The van der Waals surface area contributed by atoms with Gasteiger partial charge in [0.2, 0.25) is 0 Å². The minimum atomic E-state index is -1.21. The normalized spacial score (nSPS) is 12.5. The standard InChI is InChI=1S/C10H12BrNO3/c1-4-3-5(2)7(11)9(13)6(4)8(12)10(14)15/h3,8,13H,12H2,1-2H3,(H,14,15). The highest BCUT2D eigenvalue weighted by molar-refractivity contribution is 9.10. The Morgan fingerprint density at radius 2 is 2.00 bits per heavy atom. The molecule has 1 aromatic carbocycles. The smallest absolute Gasteiger partial charge is 0.325 e. The van der Waals surface area contributed by atoms with Gasteiger partial charge in [-0.1, -0.05) is 6.07 Å². The summed E-state index contributed by atoms with van der Waals surface area (Å²) in [5, 5.41) is 18.6. The summed E-state index contributed by atoms with van der Waals surface area (Å²) in [6.07, 6.45) is 0. The number of nitrogens with two attached hydrogens (primary N) is 1. The molecule has 0 spiro atoms. The van der Waals surface area contributed by atoms with Crippen LogP contribution in [0.15, 0.2) is 10.5 Å². The number of hydrogen-bond acceptors (Lipinski definition) is 3. The molecule has 15 heavy (non-hydrogen) atoms. The lowest BCUT2D eigenvalue weighted by Gasteiger charge is -2.15. The van der Waals surface area contributed by atoms with Crippen LogP contribution in [0.3, 0.4) is 0 Å². The number of aryl methyl sites for hydroxylation is 2. The Kier molecular flexibility index (Phi) is 3.36. The van der Waals surface area contributed by atoms with Gasteiger partial charge < -0.3 is 15.9 Å². The van der Waals surface area contributed by atoms with Crippen LogP contribution < -0.4 is 5.73 Å². The number of carboxylic acids is 1. The predicted octanol–water partition coefficient (Wildman–Crippen LogP) is 1.86. The Labute approximate surface area is 95.8 Å². The number of carbonyl (C=O) groups is 1. The van der Waals surface area contributed by atoms with E-state index < -0.39 is 12.0 Å². The summed E-state index contributed by atoms with van der Waals surface area (Å²) in [5.41, 5.74) is 7.24. The second-order valence-corrected chi connectivity index (χ2v) is 4.20. The van der Waals surface area contributed by atoms with Crippen LogP contribution in [0.25, 0.3) is 0 Å². The van der Waals surface area contributed by atoms with Gasteiger partial charge in [-0.25, -0.2) is 0 Å². The van der Waals surface area contributed by atoms with Crippen LogP contribution in [0.1, 0.15) is 22.7 Å². The molecule has 0 aliphatic carbocycles. The van der Waals surface area contributed by atoms with E-state index in [2.05, 4.69) is 15.9 Å². The summed E-state index contributed by atoms with van der Waals surface area (Å²) in [7, 11) is 0. The zero-order chi connectivity index (χ0) is 11.7. The van der Waals surface area contributed by atoms with E-state index in [1.807, 2.05) is 6.92 Å². The van der Waals surface area contributed by atoms with Crippen molar-refractivity contribution in [3.63, 3.8) is 0 Å². The van der Waals surface area contributed by atoms with Gasteiger partial charge in [0.05, 0.1) is 4.47 Å². The number of aromatic hydroxyl groups is 1. The van der Waals surface area contributed by atoms with Gasteiger partial charge in [0.25, 0.3) is 0 Å². The third kappa shape index (κ3) is 2.13. The molecule has 0 bridgehead atoms. The number of aliphatic carboxylic acids is 1. The molecule has 82 valence electrons. The first-order valence-electron chi connectivity index (χ1n) is 4.33. The molecule has 0 radical (unpaired) electrons. The Morgan fingerprint density at radius 3 is 2.47 bits per heavy atom. The fraction of sp³-hybridized carbons (Fsp3) is 0.300. The second-order valence-electron chi connectivity index (χ2n) is 3.40. The van der Waals surface area contributed by atoms with E-state index in [1.54, 1.807) is 13.0 Å². The minimum absolute atomic E-state index is 0.0950. The number of rotatable bonds is 2. The molecule has 4 N–H and O–H groups in total. The average Bonchev–Trinajstić information content (AvgIpc) is 2.14. The average molecular weight is 274 g/mol. The molecule has 0 aromatic heterocycles. The summed E-state index contributed by atoms with van der Waals surface area (Å²) >= 11 is 3.18. The molecule has 0 saturated heterocycles. The molecule has 0 aliphatic heterocycles. The zero-order valence-corrected chi connectivity index (χ0v) is 10.00. The monoisotopic (exact) mass is 273 g/mol. The molecule has 1 rings (SSSR count). The van der Waals surface area contributed by atoms with E-state index >= 15 is 0 Å². The lowest BCUT2D eigenvalue weighted by molar-refractivity contribution is -0.138. The number of benzene rings is 1. The van der Waals surface area contributed by atoms with Crippen LogP contribution in [0, 0.1) is 13.8 Å². The molecule has 1 unspecified atom stereocenters. The molecule has 0 amide bonds. The third-order valence-corrected chi connectivity index (χ3v) is 3.25. The van der Waals surface area contributed by atoms with Gasteiger partial charge in [0.1, 0.15) is 11.8 Å². The highest BCUT2D eigenvalue weighted by Gasteiger charge is 2.22. The van der Waals surface area contributed by atoms with E-state index in [-0.39, 0.29) is 11.3 Å². The lowest BCUT2D eigenvalue weighted by atomic mass is 9.98. The van der Waals surface area contributed by atoms with E-state index in [0.717, 1.165) is 5.56 Å². The molecule has 0 fully saturated rings. The maximum atomic E-state index is 10.7. The fourth-order valence-electron chi connectivity index (χ4n) is 1.47. The van der Waals surface area contributed by atoms with Crippen LogP contribution in [-0.4, -0.2) is 16.2 Å². The van der Waals surface area contributed by atoms with Crippen LogP contribution >= 0.6 is 15.9 Å². The third-order valence-electron chi connectivity index (χ3n) is 2.24. The highest BCUT2D eigenvalue weighted by atomic mass is 79.9. The molecular formula is C10H12BrNO3. The van der Waals surface area contributed by atoms with Crippen molar-refractivity contribution in [2.24, 2.45) is 5.73 Å². The van der Waals surface area contributed by atoms with Crippen molar-refractivity contribution in [3.8, 4) is 5.75 Å². The minimum Gasteiger partial charge on any atom is -0.506 e. The molecular weight excluding hydrogens is 262 g/mol. The largest absolute Gasteiger partial charge is 0.506 e. The topological polar surface area (TPSA) is 83.6 Å². The Morgan fingerprint density at radius 1 is 1.47 bits per heavy atom. The van der Waals surface area contributed by atoms with E-state index in [4.69, 9.17) is 10.8 Å². The summed E-state index contributed by atoms with van der Waals surface area (Å²) < 4.78 is 0.486. The maximum absolute atomic E-state index is 10.7. The first kappa shape index (κ1) is 12.0. The Bertz CT molecular complexity index is 418. The van der Waals surface area contributed by atoms with Crippen LogP contribution in [0.4, 0.5) is 0 Å². The fourth-order valence-corrected chi connectivity index (χ4v) is 1.80. The van der Waals surface area contributed by atoms with Crippen molar-refractivity contribution in [3.05, 3.63) is 27.2 Å². The summed E-state index contributed by atoms with van der Waals surface area (Å²) in [6, 6.07) is 0.573. The van der Waals surface area contributed by atoms with Gasteiger partial charge >= 0.3 is 5.97 Å². The van der Waals surface area contributed by atoms with Gasteiger partial charge in [-0.3, -0.25) is 4.79 Å². The van der Waals surface area contributed by atoms with Gasteiger partial charge in [0, 0.05) is 5.56 Å². The lowest BCUT2D eigenvalue weighted by Crippen LogP contribution is -2.22. The molecule has 1 atom stereocenters. The van der Waals surface area contributed by atoms with Crippen LogP contribution in [-0.2, 0) is 4.79 Å². The summed E-state index contributed by atoms with van der Waals surface area (Å²) in [6.45, 7) is 3.53. The van der Waals surface area contributed by atoms with Crippen molar-refractivity contribution in [1.29, 1.82) is 0 Å². The summed E-state index contributed by atoms with van der Waals surface area (Å²) in [4.78, 5) is 10.7. The number of halogens is 1. The van der Waals surface area contributed by atoms with Crippen molar-refractivity contribution in [2.75, 3.05) is 0 Å². The Hall–Kier alpha value is -1.07. The van der Waals surface area contributed by atoms with Crippen molar-refractivity contribution in [1.82, 2.24) is 0 Å². The SMILES string of the molecule is Cc1cc(C)c(C(N)C(=O)O)c(O)c1Br. The van der Waals surface area contributed by atoms with Crippen LogP contribution in [0.5, 0.6) is 5.75 Å². The Balaban J connectivity index is 3.42. The first-order chi connectivity index (χ1) is 6.86. The molecule has 5 heteroatoms. The maximum Gasteiger partial charge on any atom is 0.325 e. The number of hydrogen-bond donors (Lipinski definition) is 3. The summed E-state index contributed by atoms with van der Waals surface area (Å²) in [5.74, 6) is -1.26. The first-order valence-corrected chi connectivity index (χ1v) is 5.12. The number of carboxylic acid groups (broad SMARTS) is 1. The van der Waals surface area contributed by atoms with Crippen molar-refractivity contribution in [2.45, 2.75) is 19.9 Å². The molecule has 4 nitrogen and oxygen atoms in total. The van der Waals surface area contributed by atoms with Gasteiger partial charge in [-0.15, -0.1) is 0 Å². The van der Waals surface area contributed by atoms with Gasteiger partial charge in [0.15, 0.2) is 0 Å². The number of phenolic OH excluding ortho intramolecular Hbond substituents is 1. The number of phenols is 1. The second kappa shape index (κ2) is 4.20. The van der Waals surface area contributed by atoms with Crippen molar-refractivity contribution < 1.29 is 15.0 Å². The molecule has 0 saturated carbocycles. The van der Waals surface area contributed by atoms with E-state index in [0.29, 0.717) is 10.0 Å². The molecule has 0 heterocycles. The molecule has 0 aliphatic rings. The van der Waals surface area contributed by atoms with E-state index in [1.165, 1.54) is 0 Å². The van der Waals surface area contributed by atoms with Crippen molar-refractivity contribution >= 4 is 21.9 Å². The molecule has 1 aromatic rings. The van der Waals surface area contributed by atoms with E-state index in [9.17, 15) is 9.90 Å². The predicted molar refractivity (Wildman–Crippen MR) is 59.8 cm³/mol. The highest BCUT2D eigenvalue weighted by Crippen LogP contribution is 2.36. The zero-order valence-electron chi connectivity index (χ0n) is 8.41.